The van der Waals surface area contributed by atoms with Crippen LogP contribution >= 0.6 is 0 Å². The zero-order chi connectivity index (χ0) is 29.4. The van der Waals surface area contributed by atoms with Gasteiger partial charge in [-0.3, -0.25) is 14.4 Å². The predicted octanol–water partition coefficient (Wildman–Crippen LogP) is 3.51. The van der Waals surface area contributed by atoms with Gasteiger partial charge < -0.3 is 30.1 Å². The Morgan fingerprint density at radius 2 is 1.78 bits per heavy atom. The lowest BCUT2D eigenvalue weighted by molar-refractivity contribution is -0.151. The van der Waals surface area contributed by atoms with Gasteiger partial charge in [0.1, 0.15) is 17.4 Å². The summed E-state index contributed by atoms with van der Waals surface area (Å²) in [6.45, 7) is 8.25. The van der Waals surface area contributed by atoms with Crippen molar-refractivity contribution in [3.8, 4) is 5.75 Å². The number of benzene rings is 2. The highest BCUT2D eigenvalue weighted by Crippen LogP contribution is 2.64. The first-order valence-electron chi connectivity index (χ1n) is 14.7. The van der Waals surface area contributed by atoms with Crippen molar-refractivity contribution in [2.75, 3.05) is 18.5 Å². The Hall–Kier alpha value is -3.43. The van der Waals surface area contributed by atoms with Gasteiger partial charge in [-0.05, 0) is 61.9 Å². The molecule has 3 heterocycles. The summed E-state index contributed by atoms with van der Waals surface area (Å²) in [5.41, 5.74) is -0.484. The van der Waals surface area contributed by atoms with Gasteiger partial charge in [0.2, 0.25) is 17.7 Å². The van der Waals surface area contributed by atoms with Crippen LogP contribution in [0.4, 0.5) is 5.69 Å². The summed E-state index contributed by atoms with van der Waals surface area (Å²) in [6, 6.07) is 15.1. The minimum absolute atomic E-state index is 0.114. The molecule has 3 saturated heterocycles. The molecular weight excluding hydrogens is 522 g/mol. The third-order valence-corrected chi connectivity index (χ3v) is 9.21. The number of hydrogen-bond donors (Lipinski definition) is 3. The predicted molar refractivity (Wildman–Crippen MR) is 154 cm³/mol. The number of carbonyl (C=O) groups excluding carboxylic acids is 3. The molecule has 2 bridgehead atoms. The number of ether oxygens (including phenoxy) is 2. The molecule has 9 heteroatoms. The molecule has 5 rings (SSSR count). The molecule has 3 N–H and O–H groups in total. The standard InChI is InChI=1S/C32H41N3O6/c1-5-31-16-17-32(41-31)26(25(31)28(37)34-22-12-14-23(15-13-22)40-6-2)30(39)35(24(19-36)20(3)4)27(32)29(38)33-18-21-10-8-7-9-11-21/h7-15,20,24-27,36H,5-6,16-19H2,1-4H3,(H,33,38)(H,34,37)/t24-,25-,26-,27?,31+,32?/m0/s1. The lowest BCUT2D eigenvalue weighted by Crippen LogP contribution is -2.58. The number of likely N-dealkylation sites (tertiary alicyclic amines) is 1. The molecule has 0 aliphatic carbocycles. The van der Waals surface area contributed by atoms with Crippen LogP contribution in [-0.4, -0.2) is 64.2 Å². The first kappa shape index (κ1) is 29.1. The second-order valence-corrected chi connectivity index (χ2v) is 11.7. The number of carbonyl (C=O) groups is 3. The zero-order valence-corrected chi connectivity index (χ0v) is 24.3. The van der Waals surface area contributed by atoms with E-state index in [1.54, 1.807) is 24.3 Å². The summed E-state index contributed by atoms with van der Waals surface area (Å²) in [6.07, 6.45) is 1.59. The van der Waals surface area contributed by atoms with E-state index in [-0.39, 0.29) is 30.2 Å². The van der Waals surface area contributed by atoms with Crippen LogP contribution in [0.1, 0.15) is 52.5 Å². The molecule has 2 aromatic carbocycles. The van der Waals surface area contributed by atoms with E-state index in [4.69, 9.17) is 9.47 Å². The van der Waals surface area contributed by atoms with E-state index in [1.165, 1.54) is 4.90 Å². The maximum Gasteiger partial charge on any atom is 0.246 e. The largest absolute Gasteiger partial charge is 0.494 e. The average molecular weight is 564 g/mol. The van der Waals surface area contributed by atoms with Crippen molar-refractivity contribution in [2.45, 2.75) is 76.8 Å². The molecule has 1 spiro atoms. The zero-order valence-electron chi connectivity index (χ0n) is 24.3. The number of fused-ring (bicyclic) bond motifs is 1. The van der Waals surface area contributed by atoms with Crippen LogP contribution in [0.25, 0.3) is 0 Å². The molecule has 220 valence electrons. The number of amides is 3. The molecule has 0 aromatic heterocycles. The fourth-order valence-electron chi connectivity index (χ4n) is 7.23. The molecule has 0 saturated carbocycles. The highest BCUT2D eigenvalue weighted by atomic mass is 16.5. The van der Waals surface area contributed by atoms with Crippen LogP contribution < -0.4 is 15.4 Å². The first-order valence-corrected chi connectivity index (χ1v) is 14.7. The van der Waals surface area contributed by atoms with Crippen molar-refractivity contribution in [2.24, 2.45) is 17.8 Å². The molecular formula is C32H41N3O6. The lowest BCUT2D eigenvalue weighted by atomic mass is 9.65. The van der Waals surface area contributed by atoms with E-state index in [0.29, 0.717) is 43.9 Å². The number of anilines is 1. The van der Waals surface area contributed by atoms with E-state index >= 15 is 0 Å². The molecule has 0 radical (unpaired) electrons. The maximum atomic E-state index is 14.4. The van der Waals surface area contributed by atoms with Crippen LogP contribution in [0.3, 0.4) is 0 Å². The Labute approximate surface area is 241 Å². The summed E-state index contributed by atoms with van der Waals surface area (Å²) < 4.78 is 12.3. The summed E-state index contributed by atoms with van der Waals surface area (Å²) in [5, 5.41) is 16.4. The van der Waals surface area contributed by atoms with Crippen molar-refractivity contribution in [1.82, 2.24) is 10.2 Å². The second-order valence-electron chi connectivity index (χ2n) is 11.7. The summed E-state index contributed by atoms with van der Waals surface area (Å²) >= 11 is 0. The van der Waals surface area contributed by atoms with Crippen molar-refractivity contribution in [3.63, 3.8) is 0 Å². The van der Waals surface area contributed by atoms with Gasteiger partial charge in [-0.1, -0.05) is 51.1 Å². The summed E-state index contributed by atoms with van der Waals surface area (Å²) in [7, 11) is 0. The molecule has 3 fully saturated rings. The molecule has 9 nitrogen and oxygen atoms in total. The molecule has 2 unspecified atom stereocenters. The highest BCUT2D eigenvalue weighted by molar-refractivity contribution is 6.02. The lowest BCUT2D eigenvalue weighted by Gasteiger charge is -2.38. The van der Waals surface area contributed by atoms with Gasteiger partial charge in [0.15, 0.2) is 0 Å². The van der Waals surface area contributed by atoms with Gasteiger partial charge in [-0.15, -0.1) is 0 Å². The topological polar surface area (TPSA) is 117 Å². The van der Waals surface area contributed by atoms with Crippen molar-refractivity contribution < 1.29 is 29.0 Å². The SMILES string of the molecule is CCOc1ccc(NC(=O)[C@@H]2[C@H]3C(=O)N([C@@H](CO)C(C)C)C(C(=O)NCc4ccccc4)C34CC[C@@]2(CC)O4)cc1. The number of hydrogen-bond acceptors (Lipinski definition) is 6. The first-order chi connectivity index (χ1) is 19.7. The molecule has 2 aromatic rings. The van der Waals surface area contributed by atoms with E-state index in [2.05, 4.69) is 10.6 Å². The number of nitrogens with one attached hydrogen (secondary N) is 2. The average Bonchev–Trinajstić information content (AvgIpc) is 3.58. The van der Waals surface area contributed by atoms with Crippen molar-refractivity contribution in [1.29, 1.82) is 0 Å². The molecule has 3 aliphatic rings. The maximum absolute atomic E-state index is 14.4. The van der Waals surface area contributed by atoms with Gasteiger partial charge in [0.05, 0.1) is 36.7 Å². The van der Waals surface area contributed by atoms with Gasteiger partial charge in [-0.25, -0.2) is 0 Å². The number of aliphatic hydroxyl groups excluding tert-OH is 1. The summed E-state index contributed by atoms with van der Waals surface area (Å²) in [5.74, 6) is -1.96. The van der Waals surface area contributed by atoms with Crippen LogP contribution in [0.2, 0.25) is 0 Å². The van der Waals surface area contributed by atoms with Crippen LogP contribution in [0, 0.1) is 17.8 Å². The minimum atomic E-state index is -1.16. The fraction of sp³-hybridized carbons (Fsp3) is 0.531. The minimum Gasteiger partial charge on any atom is -0.494 e. The molecule has 3 amide bonds. The van der Waals surface area contributed by atoms with Crippen LogP contribution in [0.15, 0.2) is 54.6 Å². The monoisotopic (exact) mass is 563 g/mol. The summed E-state index contributed by atoms with van der Waals surface area (Å²) in [4.78, 5) is 43.9. The van der Waals surface area contributed by atoms with Gasteiger partial charge in [0, 0.05) is 12.2 Å². The van der Waals surface area contributed by atoms with Gasteiger partial charge in [0.25, 0.3) is 0 Å². The van der Waals surface area contributed by atoms with E-state index in [9.17, 15) is 19.5 Å². The Balaban J connectivity index is 1.49. The van der Waals surface area contributed by atoms with Gasteiger partial charge >= 0.3 is 0 Å². The van der Waals surface area contributed by atoms with Crippen LogP contribution in [-0.2, 0) is 25.7 Å². The molecule has 6 atom stereocenters. The van der Waals surface area contributed by atoms with Crippen molar-refractivity contribution in [3.05, 3.63) is 60.2 Å². The van der Waals surface area contributed by atoms with E-state index < -0.39 is 35.1 Å². The third-order valence-electron chi connectivity index (χ3n) is 9.21. The number of rotatable bonds is 11. The quantitative estimate of drug-likeness (QED) is 0.385. The Morgan fingerprint density at radius 3 is 2.39 bits per heavy atom. The van der Waals surface area contributed by atoms with E-state index in [0.717, 1.165) is 5.56 Å². The number of nitrogens with zero attached hydrogens (tertiary/aromatic N) is 1. The van der Waals surface area contributed by atoms with Crippen molar-refractivity contribution >= 4 is 23.4 Å². The van der Waals surface area contributed by atoms with E-state index in [1.807, 2.05) is 58.0 Å². The normalized spacial score (nSPS) is 29.0. The second kappa shape index (κ2) is 11.4. The Bertz CT molecular complexity index is 1270. The fourth-order valence-corrected chi connectivity index (χ4v) is 7.23. The Morgan fingerprint density at radius 1 is 1.07 bits per heavy atom. The smallest absolute Gasteiger partial charge is 0.246 e. The Kier molecular flexibility index (Phi) is 8.12. The number of aliphatic hydroxyl groups is 1. The third kappa shape index (κ3) is 4.89. The highest BCUT2D eigenvalue weighted by Gasteiger charge is 2.79. The van der Waals surface area contributed by atoms with Crippen LogP contribution in [0.5, 0.6) is 5.75 Å². The van der Waals surface area contributed by atoms with Gasteiger partial charge in [-0.2, -0.15) is 0 Å². The molecule has 41 heavy (non-hydrogen) atoms. The molecule has 3 aliphatic heterocycles.